The van der Waals surface area contributed by atoms with Crippen LogP contribution in [0.4, 0.5) is 41.2 Å². The molecule has 1 aliphatic heterocycles. The average molecular weight is 528 g/mol. The highest BCUT2D eigenvalue weighted by molar-refractivity contribution is 8.00. The van der Waals surface area contributed by atoms with Gasteiger partial charge in [0.05, 0.1) is 35.1 Å². The molecule has 1 atom stereocenters. The predicted molar refractivity (Wildman–Crippen MR) is 119 cm³/mol. The summed E-state index contributed by atoms with van der Waals surface area (Å²) in [4.78, 5) is 16.6. The van der Waals surface area contributed by atoms with Gasteiger partial charge in [-0.1, -0.05) is 24.3 Å². The van der Waals surface area contributed by atoms with Crippen LogP contribution in [0.15, 0.2) is 76.9 Å². The van der Waals surface area contributed by atoms with Crippen LogP contribution in [0.2, 0.25) is 0 Å². The summed E-state index contributed by atoms with van der Waals surface area (Å²) in [6.45, 7) is -0.161. The van der Waals surface area contributed by atoms with Crippen LogP contribution in [0.3, 0.4) is 0 Å². The van der Waals surface area contributed by atoms with Crippen molar-refractivity contribution in [2.24, 2.45) is 5.10 Å². The number of rotatable bonds is 4. The molecule has 1 aromatic heterocycles. The van der Waals surface area contributed by atoms with Crippen LogP contribution < -0.4 is 5.32 Å². The van der Waals surface area contributed by atoms with E-state index in [4.69, 9.17) is 0 Å². The van der Waals surface area contributed by atoms with Crippen LogP contribution in [0.1, 0.15) is 22.7 Å². The Bertz CT molecular complexity index is 1280. The first kappa shape index (κ1) is 25.5. The fourth-order valence-corrected chi connectivity index (χ4v) is 4.11. The number of para-hydroxylation sites is 1. The molecule has 2 heterocycles. The van der Waals surface area contributed by atoms with Crippen LogP contribution in [-0.2, 0) is 6.18 Å². The van der Waals surface area contributed by atoms with E-state index >= 15 is 0 Å². The molecular formula is C23H15F7N4OS. The lowest BCUT2D eigenvalue weighted by atomic mass is 9.94. The molecule has 1 N–H and O–H groups in total. The largest absolute Gasteiger partial charge is 0.446 e. The zero-order chi connectivity index (χ0) is 26.1. The molecule has 5 nitrogen and oxygen atoms in total. The number of hydrogen-bond donors (Lipinski definition) is 1. The number of pyridine rings is 1. The molecule has 0 radical (unpaired) electrons. The van der Waals surface area contributed by atoms with Crippen LogP contribution in [0.25, 0.3) is 0 Å². The van der Waals surface area contributed by atoms with Gasteiger partial charge in [0.15, 0.2) is 0 Å². The molecule has 3 aromatic rings. The van der Waals surface area contributed by atoms with Gasteiger partial charge in [-0.05, 0) is 53.7 Å². The normalized spacial score (nSPS) is 16.1. The van der Waals surface area contributed by atoms with E-state index in [2.05, 4.69) is 15.4 Å². The van der Waals surface area contributed by atoms with Crippen molar-refractivity contribution in [2.45, 2.75) is 22.5 Å². The molecule has 2 amide bonds. The number of benzene rings is 2. The van der Waals surface area contributed by atoms with E-state index < -0.39 is 46.8 Å². The highest BCUT2D eigenvalue weighted by Crippen LogP contribution is 2.40. The fourth-order valence-electron chi connectivity index (χ4n) is 3.48. The van der Waals surface area contributed by atoms with E-state index in [1.807, 2.05) is 0 Å². The Morgan fingerprint density at radius 3 is 2.28 bits per heavy atom. The van der Waals surface area contributed by atoms with Gasteiger partial charge in [-0.3, -0.25) is 4.98 Å². The lowest BCUT2D eigenvalue weighted by Gasteiger charge is -2.17. The van der Waals surface area contributed by atoms with Gasteiger partial charge in [0, 0.05) is 11.1 Å². The second-order valence-corrected chi connectivity index (χ2v) is 8.68. The van der Waals surface area contributed by atoms with Gasteiger partial charge in [-0.15, -0.1) is 0 Å². The van der Waals surface area contributed by atoms with E-state index in [0.29, 0.717) is 11.8 Å². The van der Waals surface area contributed by atoms with Gasteiger partial charge in [-0.25, -0.2) is 14.2 Å². The maximum absolute atomic E-state index is 13.4. The highest BCUT2D eigenvalue weighted by Gasteiger charge is 2.36. The smallest absolute Gasteiger partial charge is 0.305 e. The van der Waals surface area contributed by atoms with Crippen molar-refractivity contribution in [2.75, 3.05) is 11.9 Å². The molecule has 0 aliphatic carbocycles. The lowest BCUT2D eigenvalue weighted by molar-refractivity contribution is -0.137. The number of hydrogen-bond acceptors (Lipinski definition) is 4. The Kier molecular flexibility index (Phi) is 6.94. The summed E-state index contributed by atoms with van der Waals surface area (Å²) in [6, 6.07) is 11.6. The number of carbonyl (C=O) groups is 1. The summed E-state index contributed by atoms with van der Waals surface area (Å²) >= 11 is -0.395. The summed E-state index contributed by atoms with van der Waals surface area (Å²) in [5.74, 6) is -1.31. The van der Waals surface area contributed by atoms with E-state index in [1.165, 1.54) is 36.4 Å². The molecular weight excluding hydrogens is 513 g/mol. The number of nitrogens with one attached hydrogen (secondary N) is 1. The average Bonchev–Trinajstić information content (AvgIpc) is 3.25. The van der Waals surface area contributed by atoms with Gasteiger partial charge in [-0.2, -0.15) is 31.4 Å². The number of alkyl halides is 6. The number of halogens is 7. The van der Waals surface area contributed by atoms with Crippen LogP contribution in [-0.4, -0.2) is 33.8 Å². The number of anilines is 1. The topological polar surface area (TPSA) is 57.6 Å². The first-order valence-electron chi connectivity index (χ1n) is 10.2. The van der Waals surface area contributed by atoms with Crippen molar-refractivity contribution >= 4 is 29.2 Å². The standard InChI is InChI=1S/C23H15F7N4OS/c24-15-8-5-13(6-9-15)20-16(17-10-7-14(11-31-17)22(25,26)27)12-34(33-20)21(35)32-18-3-1-2-4-19(18)36-23(28,29)30/h1-11,16H,12H2,(H,32,35). The molecule has 0 spiro atoms. The second kappa shape index (κ2) is 9.80. The quantitative estimate of drug-likeness (QED) is 0.297. The summed E-state index contributed by atoms with van der Waals surface area (Å²) in [7, 11) is 0. The maximum atomic E-state index is 13.4. The number of aromatic nitrogens is 1. The molecule has 4 rings (SSSR count). The molecule has 0 bridgehead atoms. The monoisotopic (exact) mass is 528 g/mol. The molecule has 0 fully saturated rings. The second-order valence-electron chi connectivity index (χ2n) is 7.57. The molecule has 188 valence electrons. The van der Waals surface area contributed by atoms with E-state index in [0.717, 1.165) is 29.3 Å². The van der Waals surface area contributed by atoms with Crippen LogP contribution in [0, 0.1) is 5.82 Å². The van der Waals surface area contributed by atoms with Crippen molar-refractivity contribution in [1.82, 2.24) is 9.99 Å². The summed E-state index contributed by atoms with van der Waals surface area (Å²) in [5, 5.41) is 7.57. The summed E-state index contributed by atoms with van der Waals surface area (Å²) < 4.78 is 90.9. The zero-order valence-electron chi connectivity index (χ0n) is 17.9. The predicted octanol–water partition coefficient (Wildman–Crippen LogP) is 6.89. The molecule has 1 unspecified atom stereocenters. The van der Waals surface area contributed by atoms with Crippen molar-refractivity contribution in [3.63, 3.8) is 0 Å². The number of thioether (sulfide) groups is 1. The molecule has 36 heavy (non-hydrogen) atoms. The van der Waals surface area contributed by atoms with E-state index in [-0.39, 0.29) is 28.5 Å². The minimum Gasteiger partial charge on any atom is -0.305 e. The molecule has 0 saturated carbocycles. The van der Waals surface area contributed by atoms with Crippen molar-refractivity contribution in [3.05, 3.63) is 89.5 Å². The SMILES string of the molecule is O=C(Nc1ccccc1SC(F)(F)F)N1CC(c2ccc(C(F)(F)F)cn2)C(c2ccc(F)cc2)=N1. The summed E-state index contributed by atoms with van der Waals surface area (Å²) in [6.07, 6.45) is -3.94. The third kappa shape index (κ3) is 5.96. The first-order chi connectivity index (χ1) is 16.9. The minimum atomic E-state index is -4.59. The Balaban J connectivity index is 1.63. The first-order valence-corrected chi connectivity index (χ1v) is 11.0. The van der Waals surface area contributed by atoms with Crippen LogP contribution in [0.5, 0.6) is 0 Å². The minimum absolute atomic E-state index is 0.0977. The fraction of sp³-hybridized carbons (Fsp3) is 0.174. The lowest BCUT2D eigenvalue weighted by Crippen LogP contribution is -2.30. The molecule has 13 heteroatoms. The van der Waals surface area contributed by atoms with Crippen molar-refractivity contribution in [3.8, 4) is 0 Å². The number of urea groups is 1. The van der Waals surface area contributed by atoms with Crippen molar-refractivity contribution < 1.29 is 35.5 Å². The van der Waals surface area contributed by atoms with Gasteiger partial charge in [0.25, 0.3) is 0 Å². The van der Waals surface area contributed by atoms with E-state index in [1.54, 1.807) is 0 Å². The molecule has 1 aliphatic rings. The third-order valence-electron chi connectivity index (χ3n) is 5.11. The van der Waals surface area contributed by atoms with Crippen LogP contribution >= 0.6 is 11.8 Å². The molecule has 0 saturated heterocycles. The Morgan fingerprint density at radius 2 is 1.67 bits per heavy atom. The highest BCUT2D eigenvalue weighted by atomic mass is 32.2. The maximum Gasteiger partial charge on any atom is 0.446 e. The third-order valence-corrected chi connectivity index (χ3v) is 5.92. The van der Waals surface area contributed by atoms with E-state index in [9.17, 15) is 35.5 Å². The number of carbonyl (C=O) groups excluding carboxylic acids is 1. The van der Waals surface area contributed by atoms with Gasteiger partial charge in [0.2, 0.25) is 0 Å². The van der Waals surface area contributed by atoms with Gasteiger partial charge >= 0.3 is 17.7 Å². The number of nitrogens with zero attached hydrogens (tertiary/aromatic N) is 3. The Labute approximate surface area is 204 Å². The molecule has 2 aromatic carbocycles. The van der Waals surface area contributed by atoms with Crippen molar-refractivity contribution in [1.29, 1.82) is 0 Å². The number of hydrazone groups is 1. The van der Waals surface area contributed by atoms with Gasteiger partial charge < -0.3 is 5.32 Å². The van der Waals surface area contributed by atoms with Gasteiger partial charge in [0.1, 0.15) is 5.82 Å². The summed E-state index contributed by atoms with van der Waals surface area (Å²) in [5.41, 5.74) is -4.84. The Hall–Kier alpha value is -3.61. The zero-order valence-corrected chi connectivity index (χ0v) is 18.8. The number of amides is 2. The Morgan fingerprint density at radius 1 is 0.972 bits per heavy atom.